The van der Waals surface area contributed by atoms with Crippen molar-refractivity contribution in [3.63, 3.8) is 0 Å². The molecule has 1 aliphatic rings. The molecule has 1 rings (SSSR count). The number of esters is 1. The topological polar surface area (TPSA) is 38.3 Å². The molecule has 1 saturated carbocycles. The Balaban J connectivity index is 0.000001000. The van der Waals surface area contributed by atoms with E-state index < -0.39 is 0 Å². The zero-order chi connectivity index (χ0) is 7.40. The second-order valence-corrected chi connectivity index (χ2v) is 2.46. The molecule has 1 aliphatic carbocycles. The lowest BCUT2D eigenvalue weighted by Crippen LogP contribution is -2.26. The molecule has 4 heteroatoms. The molecule has 0 unspecified atom stereocenters. The summed E-state index contributed by atoms with van der Waals surface area (Å²) in [6, 6.07) is 0.587. The van der Waals surface area contributed by atoms with Crippen molar-refractivity contribution in [2.45, 2.75) is 25.8 Å². The smallest absolute Gasteiger partial charge is 0.319 e. The van der Waals surface area contributed by atoms with E-state index in [1.165, 1.54) is 12.8 Å². The lowest BCUT2D eigenvalue weighted by Gasteiger charge is -2.01. The Kier molecular flexibility index (Phi) is 5.24. The monoisotopic (exact) mass is 179 g/mol. The van der Waals surface area contributed by atoms with Gasteiger partial charge < -0.3 is 10.1 Å². The molecule has 0 atom stereocenters. The highest BCUT2D eigenvalue weighted by atomic mass is 35.5. The molecule has 66 valence electrons. The third-order valence-electron chi connectivity index (χ3n) is 1.42. The first-order valence-electron chi connectivity index (χ1n) is 3.72. The summed E-state index contributed by atoms with van der Waals surface area (Å²) in [5, 5.41) is 3.07. The molecule has 1 fully saturated rings. The molecule has 0 aromatic carbocycles. The molecule has 0 aliphatic heterocycles. The number of hydrogen-bond donors (Lipinski definition) is 1. The first kappa shape index (κ1) is 10.7. The van der Waals surface area contributed by atoms with Crippen LogP contribution in [0.25, 0.3) is 0 Å². The minimum atomic E-state index is -0.144. The average molecular weight is 180 g/mol. The van der Waals surface area contributed by atoms with E-state index in [4.69, 9.17) is 4.74 Å². The van der Waals surface area contributed by atoms with E-state index in [0.29, 0.717) is 19.2 Å². The summed E-state index contributed by atoms with van der Waals surface area (Å²) < 4.78 is 4.72. The molecule has 0 amide bonds. The zero-order valence-electron chi connectivity index (χ0n) is 6.63. The summed E-state index contributed by atoms with van der Waals surface area (Å²) in [4.78, 5) is 10.7. The summed E-state index contributed by atoms with van der Waals surface area (Å²) in [5.41, 5.74) is 0. The Morgan fingerprint density at radius 3 is 2.73 bits per heavy atom. The molecular weight excluding hydrogens is 166 g/mol. The van der Waals surface area contributed by atoms with Crippen LogP contribution in [0.15, 0.2) is 0 Å². The third kappa shape index (κ3) is 5.04. The normalized spacial score (nSPS) is 15.4. The Hall–Kier alpha value is -0.280. The van der Waals surface area contributed by atoms with Crippen LogP contribution < -0.4 is 5.32 Å². The Morgan fingerprint density at radius 2 is 2.27 bits per heavy atom. The van der Waals surface area contributed by atoms with Crippen LogP contribution in [0, 0.1) is 0 Å². The van der Waals surface area contributed by atoms with E-state index in [1.54, 1.807) is 0 Å². The highest BCUT2D eigenvalue weighted by Crippen LogP contribution is 2.17. The summed E-state index contributed by atoms with van der Waals surface area (Å²) in [6.45, 7) is 2.67. The number of carbonyl (C=O) groups excluding carboxylic acids is 1. The third-order valence-corrected chi connectivity index (χ3v) is 1.42. The number of ether oxygens (including phenoxy) is 1. The summed E-state index contributed by atoms with van der Waals surface area (Å²) in [7, 11) is 0. The van der Waals surface area contributed by atoms with Crippen LogP contribution in [-0.2, 0) is 9.53 Å². The molecular formula is C7H14ClNO2. The van der Waals surface area contributed by atoms with Crippen LogP contribution >= 0.6 is 12.4 Å². The molecule has 0 saturated heterocycles. The Morgan fingerprint density at radius 1 is 1.64 bits per heavy atom. The van der Waals surface area contributed by atoms with Crippen molar-refractivity contribution in [2.24, 2.45) is 0 Å². The van der Waals surface area contributed by atoms with E-state index >= 15 is 0 Å². The van der Waals surface area contributed by atoms with E-state index in [2.05, 4.69) is 5.32 Å². The number of halogens is 1. The van der Waals surface area contributed by atoms with Gasteiger partial charge in [0.25, 0.3) is 0 Å². The largest absolute Gasteiger partial charge is 0.465 e. The van der Waals surface area contributed by atoms with Crippen molar-refractivity contribution in [2.75, 3.05) is 13.2 Å². The first-order valence-corrected chi connectivity index (χ1v) is 3.72. The summed E-state index contributed by atoms with van der Waals surface area (Å²) in [5.74, 6) is -0.144. The maximum atomic E-state index is 10.7. The highest BCUT2D eigenvalue weighted by Gasteiger charge is 2.21. The van der Waals surface area contributed by atoms with Crippen molar-refractivity contribution in [3.8, 4) is 0 Å². The van der Waals surface area contributed by atoms with E-state index in [-0.39, 0.29) is 18.4 Å². The van der Waals surface area contributed by atoms with Crippen molar-refractivity contribution in [1.82, 2.24) is 5.32 Å². The van der Waals surface area contributed by atoms with Crippen LogP contribution in [0.5, 0.6) is 0 Å². The first-order chi connectivity index (χ1) is 4.83. The van der Waals surface area contributed by atoms with E-state index in [1.807, 2.05) is 6.92 Å². The van der Waals surface area contributed by atoms with Gasteiger partial charge in [-0.05, 0) is 19.8 Å². The van der Waals surface area contributed by atoms with Crippen LogP contribution in [-0.4, -0.2) is 25.2 Å². The van der Waals surface area contributed by atoms with Crippen molar-refractivity contribution < 1.29 is 9.53 Å². The second kappa shape index (κ2) is 5.38. The summed E-state index contributed by atoms with van der Waals surface area (Å²) in [6.07, 6.45) is 2.42. The lowest BCUT2D eigenvalue weighted by molar-refractivity contribution is -0.142. The quantitative estimate of drug-likeness (QED) is 0.647. The van der Waals surface area contributed by atoms with E-state index in [0.717, 1.165) is 0 Å². The standard InChI is InChI=1S/C7H13NO2.ClH/c1-2-10-7(9)5-8-6-3-4-6;/h6,8H,2-5H2,1H3;1H. The molecule has 11 heavy (non-hydrogen) atoms. The fourth-order valence-corrected chi connectivity index (χ4v) is 0.727. The predicted octanol–water partition coefficient (Wildman–Crippen LogP) is 0.723. The van der Waals surface area contributed by atoms with Gasteiger partial charge in [-0.3, -0.25) is 4.79 Å². The van der Waals surface area contributed by atoms with Gasteiger partial charge in [0.1, 0.15) is 0 Å². The minimum Gasteiger partial charge on any atom is -0.465 e. The van der Waals surface area contributed by atoms with Crippen LogP contribution in [0.3, 0.4) is 0 Å². The van der Waals surface area contributed by atoms with Crippen molar-refractivity contribution in [3.05, 3.63) is 0 Å². The predicted molar refractivity (Wildman–Crippen MR) is 44.9 cm³/mol. The van der Waals surface area contributed by atoms with Crippen molar-refractivity contribution in [1.29, 1.82) is 0 Å². The molecule has 0 radical (unpaired) electrons. The van der Waals surface area contributed by atoms with E-state index in [9.17, 15) is 4.79 Å². The van der Waals surface area contributed by atoms with Gasteiger partial charge in [-0.15, -0.1) is 12.4 Å². The van der Waals surface area contributed by atoms with Gasteiger partial charge in [-0.2, -0.15) is 0 Å². The second-order valence-electron chi connectivity index (χ2n) is 2.46. The maximum Gasteiger partial charge on any atom is 0.319 e. The van der Waals surface area contributed by atoms with Gasteiger partial charge in [0.15, 0.2) is 0 Å². The molecule has 0 aromatic heterocycles. The lowest BCUT2D eigenvalue weighted by atomic mass is 10.6. The van der Waals surface area contributed by atoms with Gasteiger partial charge >= 0.3 is 5.97 Å². The number of hydrogen-bond acceptors (Lipinski definition) is 3. The van der Waals surface area contributed by atoms with Crippen LogP contribution in [0.4, 0.5) is 0 Å². The number of carbonyl (C=O) groups is 1. The van der Waals surface area contributed by atoms with Gasteiger partial charge in [0.05, 0.1) is 13.2 Å². The number of rotatable bonds is 4. The molecule has 0 heterocycles. The van der Waals surface area contributed by atoms with Crippen LogP contribution in [0.1, 0.15) is 19.8 Å². The molecule has 0 bridgehead atoms. The Labute approximate surface area is 72.9 Å². The van der Waals surface area contributed by atoms with Crippen molar-refractivity contribution >= 4 is 18.4 Å². The SMILES string of the molecule is CCOC(=O)CNC1CC1.Cl. The highest BCUT2D eigenvalue weighted by molar-refractivity contribution is 5.85. The Bertz CT molecular complexity index is 126. The van der Waals surface area contributed by atoms with Crippen LogP contribution in [0.2, 0.25) is 0 Å². The minimum absolute atomic E-state index is 0. The molecule has 3 nitrogen and oxygen atoms in total. The number of nitrogens with one attached hydrogen (secondary N) is 1. The van der Waals surface area contributed by atoms with Gasteiger partial charge in [0.2, 0.25) is 0 Å². The fraction of sp³-hybridized carbons (Fsp3) is 0.857. The zero-order valence-corrected chi connectivity index (χ0v) is 7.45. The maximum absolute atomic E-state index is 10.7. The van der Waals surface area contributed by atoms with Gasteiger partial charge in [-0.1, -0.05) is 0 Å². The van der Waals surface area contributed by atoms with Gasteiger partial charge in [-0.25, -0.2) is 0 Å². The molecule has 1 N–H and O–H groups in total. The average Bonchev–Trinajstić information content (AvgIpc) is 2.67. The molecule has 0 aromatic rings. The van der Waals surface area contributed by atoms with Gasteiger partial charge in [0, 0.05) is 6.04 Å². The summed E-state index contributed by atoms with van der Waals surface area (Å²) >= 11 is 0. The molecule has 0 spiro atoms. The fourth-order valence-electron chi connectivity index (χ4n) is 0.727.